The molecule has 0 radical (unpaired) electrons. The normalized spacial score (nSPS) is 15.1. The molecule has 4 rings (SSSR count). The summed E-state index contributed by atoms with van der Waals surface area (Å²) in [4.78, 5) is 19.6. The molecule has 6 heteroatoms. The van der Waals surface area contributed by atoms with Gasteiger partial charge in [0.05, 0.1) is 6.20 Å². The summed E-state index contributed by atoms with van der Waals surface area (Å²) >= 11 is 0. The van der Waals surface area contributed by atoms with Crippen LogP contribution in [0.1, 0.15) is 12.8 Å². The molecule has 126 valence electrons. The van der Waals surface area contributed by atoms with Crippen molar-refractivity contribution in [3.63, 3.8) is 0 Å². The molecule has 3 heterocycles. The van der Waals surface area contributed by atoms with Gasteiger partial charge < -0.3 is 9.64 Å². The van der Waals surface area contributed by atoms with Crippen LogP contribution in [0.4, 0.5) is 5.82 Å². The molecule has 1 fully saturated rings. The molecule has 1 aromatic carbocycles. The van der Waals surface area contributed by atoms with Gasteiger partial charge in [-0.05, 0) is 6.07 Å². The largest absolute Gasteiger partial charge is 0.473 e. The fourth-order valence-electron chi connectivity index (χ4n) is 2.97. The van der Waals surface area contributed by atoms with Crippen LogP contribution in [0.15, 0.2) is 61.2 Å². The van der Waals surface area contributed by atoms with Crippen LogP contribution in [0.25, 0.3) is 11.4 Å². The van der Waals surface area contributed by atoms with Gasteiger partial charge in [-0.15, -0.1) is 0 Å². The van der Waals surface area contributed by atoms with Crippen LogP contribution >= 0.6 is 0 Å². The molecule has 0 atom stereocenters. The quantitative estimate of drug-likeness (QED) is 0.731. The number of hydrogen-bond acceptors (Lipinski definition) is 6. The molecule has 0 aliphatic carbocycles. The number of anilines is 1. The van der Waals surface area contributed by atoms with Gasteiger partial charge in [0.2, 0.25) is 5.88 Å². The van der Waals surface area contributed by atoms with E-state index in [0.717, 1.165) is 43.1 Å². The van der Waals surface area contributed by atoms with Crippen LogP contribution in [0, 0.1) is 0 Å². The standard InChI is InChI=1S/C19H19N5O/c1-2-4-15(5-3-1)19-22-9-6-17(23-19)24-12-7-16(8-13-24)25-18-14-20-10-11-21-18/h1-6,9-11,14,16H,7-8,12-13H2. The molecule has 0 bridgehead atoms. The van der Waals surface area contributed by atoms with E-state index in [4.69, 9.17) is 9.72 Å². The summed E-state index contributed by atoms with van der Waals surface area (Å²) in [6.45, 7) is 1.80. The van der Waals surface area contributed by atoms with Gasteiger partial charge in [-0.1, -0.05) is 30.3 Å². The van der Waals surface area contributed by atoms with Crippen LogP contribution < -0.4 is 9.64 Å². The maximum absolute atomic E-state index is 5.90. The third kappa shape index (κ3) is 3.74. The smallest absolute Gasteiger partial charge is 0.232 e. The Balaban J connectivity index is 1.41. The summed E-state index contributed by atoms with van der Waals surface area (Å²) < 4.78 is 5.90. The van der Waals surface area contributed by atoms with Crippen LogP contribution in [0.2, 0.25) is 0 Å². The van der Waals surface area contributed by atoms with E-state index in [1.165, 1.54) is 0 Å². The number of benzene rings is 1. The Labute approximate surface area is 146 Å². The van der Waals surface area contributed by atoms with Crippen molar-refractivity contribution in [1.82, 2.24) is 19.9 Å². The van der Waals surface area contributed by atoms with Gasteiger partial charge in [-0.3, -0.25) is 4.98 Å². The first-order valence-electron chi connectivity index (χ1n) is 8.44. The van der Waals surface area contributed by atoms with E-state index in [2.05, 4.69) is 19.9 Å². The topological polar surface area (TPSA) is 64.0 Å². The fourth-order valence-corrected chi connectivity index (χ4v) is 2.97. The molecule has 1 aliphatic rings. The van der Waals surface area contributed by atoms with Crippen LogP contribution in [0.3, 0.4) is 0 Å². The van der Waals surface area contributed by atoms with Crippen molar-refractivity contribution < 1.29 is 4.74 Å². The summed E-state index contributed by atoms with van der Waals surface area (Å²) in [6.07, 6.45) is 8.81. The lowest BCUT2D eigenvalue weighted by molar-refractivity contribution is 0.163. The van der Waals surface area contributed by atoms with Crippen LogP contribution in [0.5, 0.6) is 5.88 Å². The Morgan fingerprint density at radius 2 is 1.76 bits per heavy atom. The zero-order chi connectivity index (χ0) is 16.9. The van der Waals surface area contributed by atoms with E-state index >= 15 is 0 Å². The average Bonchev–Trinajstić information content (AvgIpc) is 2.70. The molecule has 1 saturated heterocycles. The molecule has 6 nitrogen and oxygen atoms in total. The second kappa shape index (κ2) is 7.25. The van der Waals surface area contributed by atoms with Crippen molar-refractivity contribution >= 4 is 5.82 Å². The van der Waals surface area contributed by atoms with E-state index in [1.807, 2.05) is 42.6 Å². The highest BCUT2D eigenvalue weighted by atomic mass is 16.5. The monoisotopic (exact) mass is 333 g/mol. The number of piperidine rings is 1. The number of rotatable bonds is 4. The summed E-state index contributed by atoms with van der Waals surface area (Å²) in [5.41, 5.74) is 1.03. The molecule has 1 aliphatic heterocycles. The van der Waals surface area contributed by atoms with Gasteiger partial charge in [0.25, 0.3) is 0 Å². The summed E-state index contributed by atoms with van der Waals surface area (Å²) in [5, 5.41) is 0. The van der Waals surface area contributed by atoms with Gasteiger partial charge >= 0.3 is 0 Å². The number of aromatic nitrogens is 4. The number of hydrogen-bond donors (Lipinski definition) is 0. The third-order valence-electron chi connectivity index (χ3n) is 4.27. The Bertz CT molecular complexity index is 804. The summed E-state index contributed by atoms with van der Waals surface area (Å²) in [6, 6.07) is 12.0. The van der Waals surface area contributed by atoms with E-state index in [1.54, 1.807) is 18.6 Å². The highest BCUT2D eigenvalue weighted by Crippen LogP contribution is 2.22. The predicted molar refractivity (Wildman–Crippen MR) is 95.4 cm³/mol. The highest BCUT2D eigenvalue weighted by Gasteiger charge is 2.22. The Morgan fingerprint density at radius 1 is 0.920 bits per heavy atom. The average molecular weight is 333 g/mol. The second-order valence-corrected chi connectivity index (χ2v) is 5.95. The molecular formula is C19H19N5O. The molecule has 2 aromatic heterocycles. The fraction of sp³-hybridized carbons (Fsp3) is 0.263. The van der Waals surface area contributed by atoms with Crippen molar-refractivity contribution in [2.45, 2.75) is 18.9 Å². The van der Waals surface area contributed by atoms with Gasteiger partial charge in [0.1, 0.15) is 11.9 Å². The van der Waals surface area contributed by atoms with E-state index in [0.29, 0.717) is 5.88 Å². The minimum atomic E-state index is 0.170. The first-order valence-corrected chi connectivity index (χ1v) is 8.44. The van der Waals surface area contributed by atoms with Gasteiger partial charge in [-0.2, -0.15) is 0 Å². The summed E-state index contributed by atoms with van der Waals surface area (Å²) in [7, 11) is 0. The van der Waals surface area contributed by atoms with E-state index in [9.17, 15) is 0 Å². The maximum Gasteiger partial charge on any atom is 0.232 e. The van der Waals surface area contributed by atoms with E-state index < -0.39 is 0 Å². The molecule has 0 unspecified atom stereocenters. The predicted octanol–water partition coefficient (Wildman–Crippen LogP) is 2.98. The summed E-state index contributed by atoms with van der Waals surface area (Å²) in [5.74, 6) is 2.32. The minimum Gasteiger partial charge on any atom is -0.473 e. The number of nitrogens with zero attached hydrogens (tertiary/aromatic N) is 5. The lowest BCUT2D eigenvalue weighted by atomic mass is 10.1. The van der Waals surface area contributed by atoms with Crippen molar-refractivity contribution in [3.05, 3.63) is 61.2 Å². The zero-order valence-corrected chi connectivity index (χ0v) is 13.8. The van der Waals surface area contributed by atoms with Gasteiger partial charge in [0, 0.05) is 50.1 Å². The maximum atomic E-state index is 5.90. The second-order valence-electron chi connectivity index (χ2n) is 5.95. The highest BCUT2D eigenvalue weighted by molar-refractivity contribution is 5.57. The Kier molecular flexibility index (Phi) is 4.50. The molecule has 3 aromatic rings. The van der Waals surface area contributed by atoms with E-state index in [-0.39, 0.29) is 6.10 Å². The van der Waals surface area contributed by atoms with Crippen LogP contribution in [-0.4, -0.2) is 39.1 Å². The molecule has 0 saturated carbocycles. The molecule has 0 spiro atoms. The molecular weight excluding hydrogens is 314 g/mol. The van der Waals surface area contributed by atoms with Gasteiger partial charge in [-0.25, -0.2) is 15.0 Å². The minimum absolute atomic E-state index is 0.170. The number of ether oxygens (including phenoxy) is 1. The van der Waals surface area contributed by atoms with Crippen molar-refractivity contribution in [2.24, 2.45) is 0 Å². The third-order valence-corrected chi connectivity index (χ3v) is 4.27. The van der Waals surface area contributed by atoms with Crippen LogP contribution in [-0.2, 0) is 0 Å². The SMILES string of the molecule is c1ccc(-c2nccc(N3CCC(Oc4cnccn4)CC3)n2)cc1. The lowest BCUT2D eigenvalue weighted by Gasteiger charge is -2.32. The lowest BCUT2D eigenvalue weighted by Crippen LogP contribution is -2.38. The Hall–Kier alpha value is -3.02. The zero-order valence-electron chi connectivity index (χ0n) is 13.8. The first-order chi connectivity index (χ1) is 12.4. The molecule has 25 heavy (non-hydrogen) atoms. The van der Waals surface area contributed by atoms with Gasteiger partial charge in [0.15, 0.2) is 5.82 Å². The Morgan fingerprint density at radius 3 is 2.52 bits per heavy atom. The molecule has 0 N–H and O–H groups in total. The van der Waals surface area contributed by atoms with Crippen molar-refractivity contribution in [3.8, 4) is 17.3 Å². The molecule has 0 amide bonds. The first kappa shape index (κ1) is 15.5. The van der Waals surface area contributed by atoms with Crippen molar-refractivity contribution in [2.75, 3.05) is 18.0 Å². The van der Waals surface area contributed by atoms with Crippen molar-refractivity contribution in [1.29, 1.82) is 0 Å².